The molecule has 142 valence electrons. The molecule has 1 heteroatoms. The fourth-order valence-electron chi connectivity index (χ4n) is 4.65. The number of rotatable bonds is 2. The van der Waals surface area contributed by atoms with Crippen molar-refractivity contribution in [2.24, 2.45) is 0 Å². The van der Waals surface area contributed by atoms with E-state index in [4.69, 9.17) is 0 Å². The molecule has 4 aromatic rings. The minimum absolute atomic E-state index is 1.05. The van der Waals surface area contributed by atoms with Crippen molar-refractivity contribution in [3.8, 4) is 33.5 Å². The van der Waals surface area contributed by atoms with Gasteiger partial charge in [0.25, 0.3) is 0 Å². The summed E-state index contributed by atoms with van der Waals surface area (Å²) in [6, 6.07) is 22.3. The quantitative estimate of drug-likeness (QED) is 0.317. The van der Waals surface area contributed by atoms with E-state index in [0.29, 0.717) is 0 Å². The van der Waals surface area contributed by atoms with Crippen LogP contribution in [-0.4, -0.2) is 4.98 Å². The number of aryl methyl sites for hydroxylation is 4. The molecule has 0 unspecified atom stereocenters. The Morgan fingerprint density at radius 3 is 2.17 bits per heavy atom. The SMILES string of the molecule is Cc1ccc(-c2cc(C)c3c(c2)-c2cccc(C)c2C3)cc1-c1ncccc1C. The van der Waals surface area contributed by atoms with E-state index in [0.717, 1.165) is 12.1 Å². The summed E-state index contributed by atoms with van der Waals surface area (Å²) in [5.41, 5.74) is 15.8. The van der Waals surface area contributed by atoms with Crippen LogP contribution < -0.4 is 0 Å². The van der Waals surface area contributed by atoms with E-state index in [-0.39, 0.29) is 0 Å². The van der Waals surface area contributed by atoms with Crippen LogP contribution in [0, 0.1) is 27.7 Å². The van der Waals surface area contributed by atoms with E-state index in [1.807, 2.05) is 12.3 Å². The van der Waals surface area contributed by atoms with Gasteiger partial charge >= 0.3 is 0 Å². The number of fused-ring (bicyclic) bond motifs is 3. The summed E-state index contributed by atoms with van der Waals surface area (Å²) in [7, 11) is 0. The molecule has 1 heterocycles. The molecule has 1 aromatic heterocycles. The first-order valence-electron chi connectivity index (χ1n) is 10.3. The first-order chi connectivity index (χ1) is 14.0. The number of nitrogens with zero attached hydrogens (tertiary/aromatic N) is 1. The average molecular weight is 376 g/mol. The Balaban J connectivity index is 1.67. The van der Waals surface area contributed by atoms with Gasteiger partial charge in [0.15, 0.2) is 0 Å². The van der Waals surface area contributed by atoms with E-state index >= 15 is 0 Å². The van der Waals surface area contributed by atoms with Crippen LogP contribution in [-0.2, 0) is 6.42 Å². The van der Waals surface area contributed by atoms with Crippen LogP contribution in [0.4, 0.5) is 0 Å². The Labute approximate surface area is 173 Å². The van der Waals surface area contributed by atoms with E-state index in [2.05, 4.69) is 87.3 Å². The van der Waals surface area contributed by atoms with Crippen molar-refractivity contribution < 1.29 is 0 Å². The third kappa shape index (κ3) is 2.89. The standard InChI is InChI=1S/C28H25N/c1-17-7-5-9-23-24(17)16-25-20(4)13-22(15-27(23)25)21-11-10-18(2)26(14-21)28-19(3)8-6-12-29-28/h5-15H,16H2,1-4H3. The Hall–Kier alpha value is -3.19. The molecule has 1 nitrogen and oxygen atoms in total. The van der Waals surface area contributed by atoms with Crippen LogP contribution in [0.25, 0.3) is 33.5 Å². The second-order valence-electron chi connectivity index (χ2n) is 8.30. The molecule has 0 aliphatic heterocycles. The summed E-state index contributed by atoms with van der Waals surface area (Å²) in [5, 5.41) is 0. The predicted molar refractivity (Wildman–Crippen MR) is 122 cm³/mol. The molecule has 5 rings (SSSR count). The Kier molecular flexibility index (Phi) is 4.13. The molecule has 1 aliphatic carbocycles. The van der Waals surface area contributed by atoms with E-state index < -0.39 is 0 Å². The molecule has 0 radical (unpaired) electrons. The van der Waals surface area contributed by atoms with Crippen molar-refractivity contribution in [1.29, 1.82) is 0 Å². The second kappa shape index (κ2) is 6.70. The van der Waals surface area contributed by atoms with Crippen molar-refractivity contribution in [2.45, 2.75) is 34.1 Å². The maximum atomic E-state index is 4.66. The van der Waals surface area contributed by atoms with Gasteiger partial charge in [-0.1, -0.05) is 42.5 Å². The molecule has 1 aliphatic rings. The van der Waals surface area contributed by atoms with Gasteiger partial charge in [-0.05, 0) is 108 Å². The second-order valence-corrected chi connectivity index (χ2v) is 8.30. The number of pyridine rings is 1. The van der Waals surface area contributed by atoms with Gasteiger partial charge in [0.05, 0.1) is 5.69 Å². The zero-order valence-electron chi connectivity index (χ0n) is 17.5. The zero-order valence-corrected chi connectivity index (χ0v) is 17.5. The normalized spacial score (nSPS) is 12.0. The van der Waals surface area contributed by atoms with Gasteiger partial charge in [-0.2, -0.15) is 0 Å². The highest BCUT2D eigenvalue weighted by atomic mass is 14.7. The van der Waals surface area contributed by atoms with Crippen molar-refractivity contribution in [2.75, 3.05) is 0 Å². The first kappa shape index (κ1) is 17.9. The van der Waals surface area contributed by atoms with Crippen molar-refractivity contribution >= 4 is 0 Å². The van der Waals surface area contributed by atoms with Gasteiger partial charge in [-0.25, -0.2) is 0 Å². The molecule has 0 spiro atoms. The lowest BCUT2D eigenvalue weighted by Gasteiger charge is -2.13. The van der Waals surface area contributed by atoms with E-state index in [1.165, 1.54) is 61.2 Å². The maximum Gasteiger partial charge on any atom is 0.0733 e. The average Bonchev–Trinajstić information content (AvgIpc) is 3.10. The topological polar surface area (TPSA) is 12.9 Å². The number of hydrogen-bond acceptors (Lipinski definition) is 1. The van der Waals surface area contributed by atoms with Crippen LogP contribution >= 0.6 is 0 Å². The largest absolute Gasteiger partial charge is 0.256 e. The lowest BCUT2D eigenvalue weighted by Crippen LogP contribution is -1.93. The molecular weight excluding hydrogens is 350 g/mol. The predicted octanol–water partition coefficient (Wildman–Crippen LogP) is 7.22. The number of benzene rings is 3. The van der Waals surface area contributed by atoms with Crippen LogP contribution in [0.15, 0.2) is 66.9 Å². The van der Waals surface area contributed by atoms with Gasteiger partial charge in [0.1, 0.15) is 0 Å². The highest BCUT2D eigenvalue weighted by Gasteiger charge is 2.22. The molecule has 29 heavy (non-hydrogen) atoms. The van der Waals surface area contributed by atoms with Crippen LogP contribution in [0.2, 0.25) is 0 Å². The van der Waals surface area contributed by atoms with Gasteiger partial charge in [-0.15, -0.1) is 0 Å². The summed E-state index contributed by atoms with van der Waals surface area (Å²) in [6.45, 7) is 8.78. The molecular formula is C28H25N. The van der Waals surface area contributed by atoms with E-state index in [9.17, 15) is 0 Å². The Morgan fingerprint density at radius 1 is 0.586 bits per heavy atom. The summed E-state index contributed by atoms with van der Waals surface area (Å²) in [5.74, 6) is 0. The zero-order chi connectivity index (χ0) is 20.1. The van der Waals surface area contributed by atoms with Crippen LogP contribution in [0.5, 0.6) is 0 Å². The van der Waals surface area contributed by atoms with E-state index in [1.54, 1.807) is 0 Å². The minimum Gasteiger partial charge on any atom is -0.256 e. The van der Waals surface area contributed by atoms with Crippen LogP contribution in [0.1, 0.15) is 33.4 Å². The lowest BCUT2D eigenvalue weighted by molar-refractivity contribution is 1.19. The third-order valence-electron chi connectivity index (χ3n) is 6.36. The van der Waals surface area contributed by atoms with Crippen LogP contribution in [0.3, 0.4) is 0 Å². The minimum atomic E-state index is 1.05. The summed E-state index contributed by atoms with van der Waals surface area (Å²) < 4.78 is 0. The fraction of sp³-hybridized carbons (Fsp3) is 0.179. The highest BCUT2D eigenvalue weighted by molar-refractivity contribution is 5.84. The molecule has 0 N–H and O–H groups in total. The summed E-state index contributed by atoms with van der Waals surface area (Å²) in [6.07, 6.45) is 2.93. The molecule has 0 bridgehead atoms. The first-order valence-corrected chi connectivity index (χ1v) is 10.3. The lowest BCUT2D eigenvalue weighted by atomic mass is 9.92. The van der Waals surface area contributed by atoms with Gasteiger partial charge < -0.3 is 0 Å². The van der Waals surface area contributed by atoms with Crippen molar-refractivity contribution in [3.63, 3.8) is 0 Å². The Bertz CT molecular complexity index is 1260. The van der Waals surface area contributed by atoms with Crippen molar-refractivity contribution in [3.05, 3.63) is 100 Å². The summed E-state index contributed by atoms with van der Waals surface area (Å²) >= 11 is 0. The molecule has 0 atom stereocenters. The molecule has 3 aromatic carbocycles. The fourth-order valence-corrected chi connectivity index (χ4v) is 4.65. The van der Waals surface area contributed by atoms with Gasteiger partial charge in [0, 0.05) is 11.8 Å². The summed E-state index contributed by atoms with van der Waals surface area (Å²) in [4.78, 5) is 4.66. The smallest absolute Gasteiger partial charge is 0.0733 e. The number of hydrogen-bond donors (Lipinski definition) is 0. The van der Waals surface area contributed by atoms with Gasteiger partial charge in [0.2, 0.25) is 0 Å². The molecule has 0 saturated heterocycles. The maximum absolute atomic E-state index is 4.66. The van der Waals surface area contributed by atoms with Crippen molar-refractivity contribution in [1.82, 2.24) is 4.98 Å². The number of aromatic nitrogens is 1. The molecule has 0 fully saturated rings. The third-order valence-corrected chi connectivity index (χ3v) is 6.36. The monoisotopic (exact) mass is 375 g/mol. The van der Waals surface area contributed by atoms with Gasteiger partial charge in [-0.3, -0.25) is 4.98 Å². The molecule has 0 amide bonds. The Morgan fingerprint density at radius 2 is 1.34 bits per heavy atom. The highest BCUT2D eigenvalue weighted by Crippen LogP contribution is 2.42. The molecule has 0 saturated carbocycles.